The van der Waals surface area contributed by atoms with Crippen molar-refractivity contribution >= 4 is 46.3 Å². The number of carbonyl (C=O) groups excluding carboxylic acids is 2. The summed E-state index contributed by atoms with van der Waals surface area (Å²) in [6.45, 7) is -0.309. The Morgan fingerprint density at radius 2 is 2.07 bits per heavy atom. The van der Waals surface area contributed by atoms with E-state index in [1.54, 1.807) is 0 Å². The Bertz CT molecular complexity index is 1010. The van der Waals surface area contributed by atoms with Gasteiger partial charge in [-0.2, -0.15) is 0 Å². The van der Waals surface area contributed by atoms with Gasteiger partial charge in [-0.25, -0.2) is 4.39 Å². The van der Waals surface area contributed by atoms with Gasteiger partial charge in [-0.15, -0.1) is 0 Å². The Morgan fingerprint density at radius 1 is 1.32 bits per heavy atom. The second-order valence-electron chi connectivity index (χ2n) is 5.66. The smallest absolute Gasteiger partial charge is 0.311 e. The van der Waals surface area contributed by atoms with Crippen molar-refractivity contribution in [3.8, 4) is 5.75 Å². The van der Waals surface area contributed by atoms with Crippen LogP contribution in [0.4, 0.5) is 14.9 Å². The average molecular weight is 423 g/mol. The Morgan fingerprint density at radius 3 is 2.71 bits per heavy atom. The number of halogens is 2. The van der Waals surface area contributed by atoms with Crippen LogP contribution in [0.25, 0.3) is 6.08 Å². The van der Waals surface area contributed by atoms with Crippen LogP contribution in [0.3, 0.4) is 0 Å². The molecule has 2 aromatic rings. The number of hydrogen-bond donors (Lipinski definition) is 0. The maximum absolute atomic E-state index is 14.0. The van der Waals surface area contributed by atoms with E-state index in [0.29, 0.717) is 17.3 Å². The molecule has 1 aliphatic rings. The molecule has 1 aliphatic heterocycles. The van der Waals surface area contributed by atoms with Gasteiger partial charge in [0.1, 0.15) is 5.82 Å². The van der Waals surface area contributed by atoms with E-state index in [9.17, 15) is 24.1 Å². The summed E-state index contributed by atoms with van der Waals surface area (Å²) in [6.07, 6.45) is 1.36. The van der Waals surface area contributed by atoms with Gasteiger partial charge in [0, 0.05) is 16.7 Å². The Hall–Kier alpha value is -2.91. The van der Waals surface area contributed by atoms with Crippen molar-refractivity contribution in [3.05, 3.63) is 73.4 Å². The van der Waals surface area contributed by atoms with E-state index >= 15 is 0 Å². The molecule has 0 spiro atoms. The molecule has 0 bridgehead atoms. The lowest BCUT2D eigenvalue weighted by molar-refractivity contribution is -0.385. The van der Waals surface area contributed by atoms with E-state index < -0.39 is 21.9 Å². The third kappa shape index (κ3) is 3.85. The molecule has 7 nitrogen and oxygen atoms in total. The van der Waals surface area contributed by atoms with E-state index in [0.717, 1.165) is 4.90 Å². The first-order chi connectivity index (χ1) is 13.3. The summed E-state index contributed by atoms with van der Waals surface area (Å²) in [4.78, 5) is 36.3. The molecule has 144 valence electrons. The van der Waals surface area contributed by atoms with Crippen molar-refractivity contribution in [3.63, 3.8) is 0 Å². The second kappa shape index (κ2) is 7.99. The SMILES string of the molecule is COc1ccc(/C=C2\SC(=O)N(Cc3c(F)cccc3Cl)C2=O)cc1[N+](=O)[O-]. The van der Waals surface area contributed by atoms with Crippen LogP contribution in [0, 0.1) is 15.9 Å². The molecule has 0 radical (unpaired) electrons. The van der Waals surface area contributed by atoms with Crippen molar-refractivity contribution in [2.24, 2.45) is 0 Å². The highest BCUT2D eigenvalue weighted by Gasteiger charge is 2.36. The fraction of sp³-hybridized carbons (Fsp3) is 0.111. The molecule has 3 rings (SSSR count). The number of nitro groups is 1. The molecule has 28 heavy (non-hydrogen) atoms. The molecule has 0 aromatic heterocycles. The highest BCUT2D eigenvalue weighted by molar-refractivity contribution is 8.18. The lowest BCUT2D eigenvalue weighted by Crippen LogP contribution is -2.28. The molecule has 0 atom stereocenters. The molecule has 1 saturated heterocycles. The fourth-order valence-corrected chi connectivity index (χ4v) is 3.63. The number of methoxy groups -OCH3 is 1. The number of ether oxygens (including phenoxy) is 1. The highest BCUT2D eigenvalue weighted by Crippen LogP contribution is 2.36. The van der Waals surface area contributed by atoms with Gasteiger partial charge >= 0.3 is 5.69 Å². The fourth-order valence-electron chi connectivity index (χ4n) is 2.57. The van der Waals surface area contributed by atoms with E-state index in [-0.39, 0.29) is 33.5 Å². The number of benzene rings is 2. The van der Waals surface area contributed by atoms with Gasteiger partial charge in [0.05, 0.1) is 23.5 Å². The molecule has 10 heteroatoms. The topological polar surface area (TPSA) is 89.8 Å². The summed E-state index contributed by atoms with van der Waals surface area (Å²) < 4.78 is 18.9. The van der Waals surface area contributed by atoms with Gasteiger partial charge < -0.3 is 4.74 Å². The average Bonchev–Trinajstić information content (AvgIpc) is 2.91. The second-order valence-corrected chi connectivity index (χ2v) is 7.06. The van der Waals surface area contributed by atoms with Gasteiger partial charge in [-0.3, -0.25) is 24.6 Å². The minimum atomic E-state index is -0.632. The van der Waals surface area contributed by atoms with Crippen molar-refractivity contribution < 1.29 is 23.6 Å². The number of hydrogen-bond acceptors (Lipinski definition) is 6. The van der Waals surface area contributed by atoms with Crippen LogP contribution in [0.1, 0.15) is 11.1 Å². The first kappa shape index (κ1) is 19.8. The third-order valence-electron chi connectivity index (χ3n) is 3.95. The van der Waals surface area contributed by atoms with Crippen molar-refractivity contribution in [2.75, 3.05) is 7.11 Å². The van der Waals surface area contributed by atoms with Crippen LogP contribution in [0.2, 0.25) is 5.02 Å². The van der Waals surface area contributed by atoms with Gasteiger partial charge in [0.2, 0.25) is 0 Å². The molecular formula is C18H12ClFN2O5S. The van der Waals surface area contributed by atoms with E-state index in [4.69, 9.17) is 16.3 Å². The summed E-state index contributed by atoms with van der Waals surface area (Å²) >= 11 is 6.62. The first-order valence-electron chi connectivity index (χ1n) is 7.82. The van der Waals surface area contributed by atoms with Crippen LogP contribution in [-0.2, 0) is 11.3 Å². The van der Waals surface area contributed by atoms with Gasteiger partial charge in [0.25, 0.3) is 11.1 Å². The molecule has 1 heterocycles. The molecule has 0 N–H and O–H groups in total. The maximum Gasteiger partial charge on any atom is 0.311 e. The van der Waals surface area contributed by atoms with Gasteiger partial charge in [-0.1, -0.05) is 23.7 Å². The quantitative estimate of drug-likeness (QED) is 0.396. The molecule has 0 aliphatic carbocycles. The minimum absolute atomic E-state index is 0.0350. The predicted molar refractivity (Wildman–Crippen MR) is 103 cm³/mol. The largest absolute Gasteiger partial charge is 0.490 e. The lowest BCUT2D eigenvalue weighted by Gasteiger charge is -2.14. The molecule has 2 amide bonds. The van der Waals surface area contributed by atoms with Crippen molar-refractivity contribution in [1.29, 1.82) is 0 Å². The van der Waals surface area contributed by atoms with Crippen molar-refractivity contribution in [2.45, 2.75) is 6.54 Å². The zero-order valence-corrected chi connectivity index (χ0v) is 15.9. The summed E-state index contributed by atoms with van der Waals surface area (Å²) in [5.74, 6) is -1.18. The highest BCUT2D eigenvalue weighted by atomic mass is 35.5. The number of rotatable bonds is 5. The Kier molecular flexibility index (Phi) is 5.66. The number of imide groups is 1. The minimum Gasteiger partial charge on any atom is -0.490 e. The lowest BCUT2D eigenvalue weighted by atomic mass is 10.1. The number of thioether (sulfide) groups is 1. The predicted octanol–water partition coefficient (Wildman–Crippen LogP) is 4.63. The van der Waals surface area contributed by atoms with Gasteiger partial charge in [-0.05, 0) is 41.6 Å². The summed E-state index contributed by atoms with van der Waals surface area (Å²) in [6, 6.07) is 8.23. The standard InChI is InChI=1S/C18H12ClFN2O5S/c1-27-15-6-5-10(7-14(15)22(25)26)8-16-17(23)21(18(24)28-16)9-11-12(19)3-2-4-13(11)20/h2-8H,9H2,1H3/b16-8-. The molecule has 2 aromatic carbocycles. The number of nitro benzene ring substituents is 1. The summed E-state index contributed by atoms with van der Waals surface area (Å²) in [5.41, 5.74) is 0.114. The van der Waals surface area contributed by atoms with Crippen LogP contribution < -0.4 is 4.74 Å². The molecule has 0 saturated carbocycles. The van der Waals surface area contributed by atoms with Gasteiger partial charge in [0.15, 0.2) is 5.75 Å². The summed E-state index contributed by atoms with van der Waals surface area (Å²) in [7, 11) is 1.31. The van der Waals surface area contributed by atoms with E-state index in [2.05, 4.69) is 0 Å². The monoisotopic (exact) mass is 422 g/mol. The number of carbonyl (C=O) groups is 2. The summed E-state index contributed by atoms with van der Waals surface area (Å²) in [5, 5.41) is 10.6. The third-order valence-corrected chi connectivity index (χ3v) is 5.21. The zero-order valence-electron chi connectivity index (χ0n) is 14.3. The molecule has 0 unspecified atom stereocenters. The zero-order chi connectivity index (χ0) is 20.4. The van der Waals surface area contributed by atoms with Crippen LogP contribution in [0.5, 0.6) is 5.75 Å². The van der Waals surface area contributed by atoms with Crippen LogP contribution in [-0.4, -0.2) is 28.1 Å². The van der Waals surface area contributed by atoms with E-state index in [1.165, 1.54) is 49.6 Å². The van der Waals surface area contributed by atoms with E-state index in [1.807, 2.05) is 0 Å². The van der Waals surface area contributed by atoms with Crippen LogP contribution >= 0.6 is 23.4 Å². The number of nitrogens with zero attached hydrogens (tertiary/aromatic N) is 2. The first-order valence-corrected chi connectivity index (χ1v) is 9.02. The maximum atomic E-state index is 14.0. The molecular weight excluding hydrogens is 411 g/mol. The molecule has 1 fully saturated rings. The van der Waals surface area contributed by atoms with Crippen molar-refractivity contribution in [1.82, 2.24) is 4.90 Å². The Labute approximate surface area is 167 Å². The Balaban J connectivity index is 1.89. The van der Waals surface area contributed by atoms with Crippen LogP contribution in [0.15, 0.2) is 41.3 Å². The number of amides is 2. The normalized spacial score (nSPS) is 15.4.